The van der Waals surface area contributed by atoms with Gasteiger partial charge in [0.15, 0.2) is 6.04 Å². The molecule has 0 radical (unpaired) electrons. The van der Waals surface area contributed by atoms with Gasteiger partial charge in [-0.25, -0.2) is 13.6 Å². The highest BCUT2D eigenvalue weighted by atomic mass is 19.1. The molecule has 1 atom stereocenters. The minimum Gasteiger partial charge on any atom is -0.479 e. The number of rotatable bonds is 4. The first-order valence-corrected chi connectivity index (χ1v) is 4.32. The molecule has 0 fully saturated rings. The number of benzene rings is 1. The Hall–Kier alpha value is -1.98. The Labute approximate surface area is 90.1 Å². The largest absolute Gasteiger partial charge is 0.479 e. The van der Waals surface area contributed by atoms with Gasteiger partial charge in [0.2, 0.25) is 6.41 Å². The summed E-state index contributed by atoms with van der Waals surface area (Å²) in [5.74, 6) is -3.07. The number of carboxylic acid groups (broad SMARTS) is 1. The van der Waals surface area contributed by atoms with Gasteiger partial charge < -0.3 is 10.0 Å². The zero-order chi connectivity index (χ0) is 12.3. The van der Waals surface area contributed by atoms with Gasteiger partial charge in [-0.1, -0.05) is 0 Å². The Kier molecular flexibility index (Phi) is 3.55. The lowest BCUT2D eigenvalue weighted by Gasteiger charge is -2.21. The standard InChI is InChI=1S/C10H9F2NO3/c1-13(5-14)9(10(15)16)7-4-6(11)2-3-8(7)12/h2-5,9H,1H3,(H,15,16). The van der Waals surface area contributed by atoms with Crippen LogP contribution in [0.2, 0.25) is 0 Å². The van der Waals surface area contributed by atoms with Crippen molar-refractivity contribution in [2.24, 2.45) is 0 Å². The molecular weight excluding hydrogens is 220 g/mol. The summed E-state index contributed by atoms with van der Waals surface area (Å²) < 4.78 is 26.2. The molecule has 0 aliphatic carbocycles. The Morgan fingerprint density at radius 2 is 2.12 bits per heavy atom. The van der Waals surface area contributed by atoms with Gasteiger partial charge in [0.1, 0.15) is 11.6 Å². The monoisotopic (exact) mass is 229 g/mol. The van der Waals surface area contributed by atoms with Crippen LogP contribution < -0.4 is 0 Å². The molecule has 1 N–H and O–H groups in total. The molecule has 0 aliphatic heterocycles. The second-order valence-electron chi connectivity index (χ2n) is 3.18. The van der Waals surface area contributed by atoms with Crippen LogP contribution in [0.1, 0.15) is 11.6 Å². The zero-order valence-corrected chi connectivity index (χ0v) is 8.35. The highest BCUT2D eigenvalue weighted by Crippen LogP contribution is 2.22. The first kappa shape index (κ1) is 12.1. The lowest BCUT2D eigenvalue weighted by molar-refractivity contribution is -0.145. The number of aliphatic carboxylic acids is 1. The molecular formula is C10H9F2NO3. The van der Waals surface area contributed by atoms with E-state index in [-0.39, 0.29) is 12.0 Å². The third-order valence-corrected chi connectivity index (χ3v) is 2.06. The van der Waals surface area contributed by atoms with Crippen molar-refractivity contribution in [3.8, 4) is 0 Å². The minimum absolute atomic E-state index is 0.239. The molecule has 0 aliphatic rings. The predicted octanol–water partition coefficient (Wildman–Crippen LogP) is 1.18. The van der Waals surface area contributed by atoms with Crippen molar-refractivity contribution in [3.63, 3.8) is 0 Å². The molecule has 1 unspecified atom stereocenters. The smallest absolute Gasteiger partial charge is 0.331 e. The van der Waals surface area contributed by atoms with Gasteiger partial charge in [-0.15, -0.1) is 0 Å². The Morgan fingerprint density at radius 1 is 1.50 bits per heavy atom. The van der Waals surface area contributed by atoms with E-state index < -0.39 is 23.6 Å². The number of carbonyl (C=O) groups excluding carboxylic acids is 1. The third-order valence-electron chi connectivity index (χ3n) is 2.06. The molecule has 1 aromatic rings. The Bertz CT molecular complexity index is 423. The fraction of sp³-hybridized carbons (Fsp3) is 0.200. The molecule has 6 heteroatoms. The lowest BCUT2D eigenvalue weighted by atomic mass is 10.1. The normalized spacial score (nSPS) is 11.9. The van der Waals surface area contributed by atoms with Gasteiger partial charge in [0, 0.05) is 12.6 Å². The molecule has 1 amide bonds. The predicted molar refractivity (Wildman–Crippen MR) is 50.6 cm³/mol. The van der Waals surface area contributed by atoms with Crippen molar-refractivity contribution in [2.45, 2.75) is 6.04 Å². The number of likely N-dealkylation sites (N-methyl/N-ethyl adjacent to an activating group) is 1. The van der Waals surface area contributed by atoms with E-state index in [4.69, 9.17) is 5.11 Å². The number of halogens is 2. The molecule has 0 spiro atoms. The summed E-state index contributed by atoms with van der Waals surface area (Å²) in [6.07, 6.45) is 0.239. The summed E-state index contributed by atoms with van der Waals surface area (Å²) in [4.78, 5) is 22.1. The van der Waals surface area contributed by atoms with Crippen LogP contribution in [0.3, 0.4) is 0 Å². The van der Waals surface area contributed by atoms with Crippen LogP contribution in [-0.2, 0) is 9.59 Å². The van der Waals surface area contributed by atoms with Crippen molar-refractivity contribution in [1.29, 1.82) is 0 Å². The third kappa shape index (κ3) is 2.33. The molecule has 0 bridgehead atoms. The first-order valence-electron chi connectivity index (χ1n) is 4.32. The van der Waals surface area contributed by atoms with E-state index in [0.717, 1.165) is 23.1 Å². The van der Waals surface area contributed by atoms with E-state index in [1.165, 1.54) is 7.05 Å². The molecule has 0 aromatic heterocycles. The van der Waals surface area contributed by atoms with Gasteiger partial charge in [0.25, 0.3) is 0 Å². The topological polar surface area (TPSA) is 57.6 Å². The first-order chi connectivity index (χ1) is 7.47. The van der Waals surface area contributed by atoms with Crippen molar-refractivity contribution >= 4 is 12.4 Å². The molecule has 0 heterocycles. The minimum atomic E-state index is -1.53. The maximum absolute atomic E-state index is 13.3. The van der Waals surface area contributed by atoms with Crippen LogP contribution in [0, 0.1) is 11.6 Å². The van der Waals surface area contributed by atoms with E-state index in [0.29, 0.717) is 0 Å². The number of carbonyl (C=O) groups is 2. The average Bonchev–Trinajstić information content (AvgIpc) is 2.22. The lowest BCUT2D eigenvalue weighted by Crippen LogP contribution is -2.30. The molecule has 86 valence electrons. The van der Waals surface area contributed by atoms with Crippen LogP contribution in [-0.4, -0.2) is 29.4 Å². The SMILES string of the molecule is CN(C=O)C(C(=O)O)c1cc(F)ccc1F. The average molecular weight is 229 g/mol. The zero-order valence-electron chi connectivity index (χ0n) is 8.35. The molecule has 4 nitrogen and oxygen atoms in total. The maximum atomic E-state index is 13.3. The van der Waals surface area contributed by atoms with Crippen molar-refractivity contribution < 1.29 is 23.5 Å². The second-order valence-corrected chi connectivity index (χ2v) is 3.18. The molecule has 16 heavy (non-hydrogen) atoms. The molecule has 0 saturated carbocycles. The summed E-state index contributed by atoms with van der Waals surface area (Å²) >= 11 is 0. The van der Waals surface area contributed by atoms with Gasteiger partial charge in [-0.05, 0) is 18.2 Å². The second kappa shape index (κ2) is 4.69. The quantitative estimate of drug-likeness (QED) is 0.788. The van der Waals surface area contributed by atoms with Crippen LogP contribution >= 0.6 is 0 Å². The van der Waals surface area contributed by atoms with Gasteiger partial charge in [-0.3, -0.25) is 4.79 Å². The van der Waals surface area contributed by atoms with Crippen LogP contribution in [0.15, 0.2) is 18.2 Å². The summed E-state index contributed by atoms with van der Waals surface area (Å²) in [6, 6.07) is 0.916. The van der Waals surface area contributed by atoms with Gasteiger partial charge >= 0.3 is 5.97 Å². The maximum Gasteiger partial charge on any atom is 0.331 e. The number of hydrogen-bond donors (Lipinski definition) is 1. The van der Waals surface area contributed by atoms with Crippen molar-refractivity contribution in [3.05, 3.63) is 35.4 Å². The molecule has 1 aromatic carbocycles. The summed E-state index contributed by atoms with van der Waals surface area (Å²) in [7, 11) is 1.18. The van der Waals surface area contributed by atoms with Crippen molar-refractivity contribution in [1.82, 2.24) is 4.90 Å². The fourth-order valence-electron chi connectivity index (χ4n) is 1.31. The van der Waals surface area contributed by atoms with Crippen LogP contribution in [0.4, 0.5) is 8.78 Å². The summed E-state index contributed by atoms with van der Waals surface area (Å²) in [5, 5.41) is 8.85. The van der Waals surface area contributed by atoms with Crippen molar-refractivity contribution in [2.75, 3.05) is 7.05 Å². The van der Waals surface area contributed by atoms with E-state index in [1.807, 2.05) is 0 Å². The number of carboxylic acids is 1. The number of nitrogens with zero attached hydrogens (tertiary/aromatic N) is 1. The van der Waals surface area contributed by atoms with E-state index in [9.17, 15) is 18.4 Å². The number of amides is 1. The fourth-order valence-corrected chi connectivity index (χ4v) is 1.31. The summed E-state index contributed by atoms with van der Waals surface area (Å²) in [5.41, 5.74) is -0.387. The Morgan fingerprint density at radius 3 is 2.62 bits per heavy atom. The van der Waals surface area contributed by atoms with E-state index in [2.05, 4.69) is 0 Å². The summed E-state index contributed by atoms with van der Waals surface area (Å²) in [6.45, 7) is 0. The van der Waals surface area contributed by atoms with Gasteiger partial charge in [0.05, 0.1) is 0 Å². The number of hydrogen-bond acceptors (Lipinski definition) is 2. The molecule has 1 rings (SSSR count). The molecule has 0 saturated heterocycles. The van der Waals surface area contributed by atoms with Crippen LogP contribution in [0.5, 0.6) is 0 Å². The van der Waals surface area contributed by atoms with E-state index in [1.54, 1.807) is 0 Å². The Balaban J connectivity index is 3.25. The van der Waals surface area contributed by atoms with Crippen LogP contribution in [0.25, 0.3) is 0 Å². The highest BCUT2D eigenvalue weighted by molar-refractivity contribution is 5.78. The highest BCUT2D eigenvalue weighted by Gasteiger charge is 2.27. The van der Waals surface area contributed by atoms with Gasteiger partial charge in [-0.2, -0.15) is 0 Å². The van der Waals surface area contributed by atoms with E-state index >= 15 is 0 Å².